The van der Waals surface area contributed by atoms with Gasteiger partial charge in [-0.25, -0.2) is 0 Å². The molecule has 1 aromatic heterocycles. The van der Waals surface area contributed by atoms with Crippen molar-refractivity contribution in [2.75, 3.05) is 11.0 Å². The van der Waals surface area contributed by atoms with Crippen LogP contribution in [-0.2, 0) is 5.41 Å². The average molecular weight is 368 g/mol. The molecule has 0 amide bonds. The molecule has 0 spiro atoms. The molecular weight excluding hydrogens is 351 g/mol. The Hall–Kier alpha value is -1.79. The smallest absolute Gasteiger partial charge is 0.312 e. The first-order valence-electron chi connectivity index (χ1n) is 8.25. The Labute approximate surface area is 148 Å². The zero-order chi connectivity index (χ0) is 17.7. The van der Waals surface area contributed by atoms with Gasteiger partial charge in [0.15, 0.2) is 0 Å². The molecule has 2 aliphatic rings. The fourth-order valence-corrected chi connectivity index (χ4v) is 3.97. The highest BCUT2D eigenvalue weighted by Crippen LogP contribution is 2.56. The van der Waals surface area contributed by atoms with E-state index in [0.29, 0.717) is 5.69 Å². The van der Waals surface area contributed by atoms with E-state index in [1.807, 2.05) is 0 Å². The number of benzene rings is 1. The van der Waals surface area contributed by atoms with Crippen molar-refractivity contribution in [1.29, 1.82) is 0 Å². The van der Waals surface area contributed by atoms with E-state index < -0.39 is 11.6 Å². The van der Waals surface area contributed by atoms with Crippen molar-refractivity contribution in [3.63, 3.8) is 0 Å². The van der Waals surface area contributed by atoms with Crippen molar-refractivity contribution in [3.05, 3.63) is 53.9 Å². The van der Waals surface area contributed by atoms with Crippen LogP contribution in [0.15, 0.2) is 42.7 Å². The number of halogens is 4. The van der Waals surface area contributed by atoms with Crippen LogP contribution in [0.4, 0.5) is 24.5 Å². The van der Waals surface area contributed by atoms with E-state index in [4.69, 9.17) is 11.8 Å². The molecule has 7 heteroatoms. The van der Waals surface area contributed by atoms with Crippen molar-refractivity contribution in [1.82, 2.24) is 10.3 Å². The predicted octanol–water partition coefficient (Wildman–Crippen LogP) is 4.68. The van der Waals surface area contributed by atoms with E-state index in [-0.39, 0.29) is 29.4 Å². The molecule has 1 aromatic carbocycles. The maximum absolute atomic E-state index is 14.5. The summed E-state index contributed by atoms with van der Waals surface area (Å²) in [5.74, 6) is 0. The Morgan fingerprint density at radius 3 is 2.56 bits per heavy atom. The summed E-state index contributed by atoms with van der Waals surface area (Å²) < 4.78 is 44.9. The van der Waals surface area contributed by atoms with Gasteiger partial charge in [-0.2, -0.15) is 13.2 Å². The topological polar surface area (TPSA) is 28.2 Å². The molecule has 2 heterocycles. The first kappa shape index (κ1) is 16.7. The van der Waals surface area contributed by atoms with Gasteiger partial charge >= 0.3 is 6.18 Å². The highest BCUT2D eigenvalue weighted by Gasteiger charge is 2.61. The van der Waals surface area contributed by atoms with E-state index in [9.17, 15) is 13.2 Å². The number of para-hydroxylation sites is 1. The van der Waals surface area contributed by atoms with Gasteiger partial charge in [-0.15, -0.1) is 0 Å². The monoisotopic (exact) mass is 367 g/mol. The van der Waals surface area contributed by atoms with Gasteiger partial charge in [0.05, 0.1) is 17.6 Å². The Bertz CT molecular complexity index is 742. The number of hydrogen-bond donors (Lipinski definition) is 1. The first-order valence-corrected chi connectivity index (χ1v) is 8.59. The molecule has 1 atom stereocenters. The van der Waals surface area contributed by atoms with Gasteiger partial charge in [-0.3, -0.25) is 9.40 Å². The molecule has 1 aliphatic heterocycles. The van der Waals surface area contributed by atoms with Gasteiger partial charge < -0.3 is 5.32 Å². The third-order valence-corrected chi connectivity index (χ3v) is 5.66. The second-order valence-electron chi connectivity index (χ2n) is 6.60. The summed E-state index contributed by atoms with van der Waals surface area (Å²) in [4.78, 5) is 3.98. The van der Waals surface area contributed by atoms with Crippen molar-refractivity contribution in [3.8, 4) is 0 Å². The molecule has 25 heavy (non-hydrogen) atoms. The maximum atomic E-state index is 14.5. The van der Waals surface area contributed by atoms with E-state index in [1.54, 1.807) is 18.2 Å². The van der Waals surface area contributed by atoms with E-state index in [0.717, 1.165) is 19.3 Å². The second kappa shape index (κ2) is 5.88. The van der Waals surface area contributed by atoms with E-state index in [2.05, 4.69) is 10.3 Å². The summed E-state index contributed by atoms with van der Waals surface area (Å²) >= 11 is 6.36. The number of pyridine rings is 1. The number of nitrogens with one attached hydrogen (secondary N) is 1. The zero-order valence-electron chi connectivity index (χ0n) is 13.4. The average Bonchev–Trinajstić information content (AvgIpc) is 2.55. The van der Waals surface area contributed by atoms with Crippen LogP contribution in [0, 0.1) is 0 Å². The number of rotatable bonds is 3. The lowest BCUT2D eigenvalue weighted by molar-refractivity contribution is -0.177. The van der Waals surface area contributed by atoms with Crippen LogP contribution in [0.25, 0.3) is 0 Å². The Balaban J connectivity index is 1.93. The zero-order valence-corrected chi connectivity index (χ0v) is 14.1. The molecule has 2 aromatic rings. The number of aromatic nitrogens is 1. The van der Waals surface area contributed by atoms with Crippen molar-refractivity contribution < 1.29 is 13.2 Å². The molecule has 4 rings (SSSR count). The summed E-state index contributed by atoms with van der Waals surface area (Å²) in [6, 6.07) is 8.02. The Morgan fingerprint density at radius 1 is 1.16 bits per heavy atom. The summed E-state index contributed by atoms with van der Waals surface area (Å²) in [5, 5.41) is 3.13. The third kappa shape index (κ3) is 2.42. The number of fused-ring (bicyclic) bond motifs is 2. The number of alkyl halides is 3. The summed E-state index contributed by atoms with van der Waals surface area (Å²) in [7, 11) is 0. The number of hydrogen-bond acceptors (Lipinski definition) is 3. The van der Waals surface area contributed by atoms with Crippen LogP contribution in [0.5, 0.6) is 0 Å². The quantitative estimate of drug-likeness (QED) is 0.798. The molecule has 1 aliphatic carbocycles. The summed E-state index contributed by atoms with van der Waals surface area (Å²) in [5.41, 5.74) is -1.23. The van der Waals surface area contributed by atoms with E-state index >= 15 is 0 Å². The van der Waals surface area contributed by atoms with E-state index in [1.165, 1.54) is 28.9 Å². The van der Waals surface area contributed by atoms with Gasteiger partial charge in [-0.1, -0.05) is 24.6 Å². The molecular formula is C18H17ClF3N3. The molecule has 132 valence electrons. The van der Waals surface area contributed by atoms with Crippen LogP contribution in [0.1, 0.15) is 30.4 Å². The molecule has 1 fully saturated rings. The molecule has 3 nitrogen and oxygen atoms in total. The van der Waals surface area contributed by atoms with Crippen molar-refractivity contribution in [2.45, 2.75) is 36.9 Å². The van der Waals surface area contributed by atoms with Gasteiger partial charge in [0.1, 0.15) is 5.41 Å². The highest BCUT2D eigenvalue weighted by molar-refractivity contribution is 6.30. The summed E-state index contributed by atoms with van der Waals surface area (Å²) in [6.45, 7) is -0.208. The minimum atomic E-state index is -4.48. The fourth-order valence-electron chi connectivity index (χ4n) is 3.69. The minimum Gasteiger partial charge on any atom is -0.312 e. The van der Waals surface area contributed by atoms with Gasteiger partial charge in [0.2, 0.25) is 0 Å². The Kier molecular flexibility index (Phi) is 3.92. The molecule has 1 N–H and O–H groups in total. The van der Waals surface area contributed by atoms with Crippen LogP contribution in [0.2, 0.25) is 0 Å². The SMILES string of the molecule is FC(F)(F)C1(CNC2CCC2)c2ccccc2N(Cl)c2cnccc21. The molecule has 1 unspecified atom stereocenters. The molecule has 0 saturated heterocycles. The lowest BCUT2D eigenvalue weighted by atomic mass is 9.70. The fraction of sp³-hybridized carbons (Fsp3) is 0.389. The normalized spacial score (nSPS) is 23.0. The standard InChI is InChI=1S/C18H17ClF3N3/c19-25-15-7-2-1-6-13(15)17(18(20,21)22,11-24-12-4-3-5-12)14-8-9-23-10-16(14)25/h1-2,6-10,12,24H,3-5,11H2. The maximum Gasteiger partial charge on any atom is 0.403 e. The lowest BCUT2D eigenvalue weighted by Gasteiger charge is -2.45. The molecule has 1 saturated carbocycles. The minimum absolute atomic E-state index is 0.135. The van der Waals surface area contributed by atoms with Crippen LogP contribution in [-0.4, -0.2) is 23.7 Å². The van der Waals surface area contributed by atoms with Crippen LogP contribution >= 0.6 is 11.8 Å². The first-order chi connectivity index (χ1) is 11.9. The van der Waals surface area contributed by atoms with Crippen molar-refractivity contribution in [2.24, 2.45) is 0 Å². The van der Waals surface area contributed by atoms with Gasteiger partial charge in [0, 0.05) is 36.1 Å². The summed E-state index contributed by atoms with van der Waals surface area (Å²) in [6.07, 6.45) is 1.20. The van der Waals surface area contributed by atoms with Gasteiger partial charge in [0.25, 0.3) is 0 Å². The highest BCUT2D eigenvalue weighted by atomic mass is 35.5. The van der Waals surface area contributed by atoms with Crippen LogP contribution < -0.4 is 9.74 Å². The third-order valence-electron chi connectivity index (χ3n) is 5.29. The van der Waals surface area contributed by atoms with Gasteiger partial charge in [-0.05, 0) is 30.5 Å². The lowest BCUT2D eigenvalue weighted by Crippen LogP contribution is -2.55. The molecule has 0 bridgehead atoms. The predicted molar refractivity (Wildman–Crippen MR) is 91.1 cm³/mol. The van der Waals surface area contributed by atoms with Crippen molar-refractivity contribution >= 4 is 23.2 Å². The molecule has 0 radical (unpaired) electrons. The van der Waals surface area contributed by atoms with Crippen LogP contribution in [0.3, 0.4) is 0 Å². The Morgan fingerprint density at radius 2 is 1.88 bits per heavy atom. The second-order valence-corrected chi connectivity index (χ2v) is 6.94. The number of anilines is 2. The largest absolute Gasteiger partial charge is 0.403 e. The number of nitrogens with zero attached hydrogens (tertiary/aromatic N) is 2.